The molecule has 0 unspecified atom stereocenters. The number of hydrogen-bond donors (Lipinski definition) is 0. The van der Waals surface area contributed by atoms with Crippen LogP contribution in [0, 0.1) is 0 Å². The molecular weight excluding hydrogens is 334 g/mol. The summed E-state index contributed by atoms with van der Waals surface area (Å²) in [5.41, 5.74) is 5.76. The van der Waals surface area contributed by atoms with E-state index in [2.05, 4.69) is 46.3 Å². The highest BCUT2D eigenvalue weighted by molar-refractivity contribution is 6.00. The van der Waals surface area contributed by atoms with Gasteiger partial charge in [0.15, 0.2) is 0 Å². The topological polar surface area (TPSA) is 36.4 Å². The molecule has 0 N–H and O–H groups in total. The van der Waals surface area contributed by atoms with Gasteiger partial charge in [-0.1, -0.05) is 42.5 Å². The van der Waals surface area contributed by atoms with Crippen molar-refractivity contribution < 1.29 is 4.79 Å². The summed E-state index contributed by atoms with van der Waals surface area (Å²) < 4.78 is 0. The Balaban J connectivity index is 1.48. The van der Waals surface area contributed by atoms with Crippen molar-refractivity contribution in [2.45, 2.75) is 19.4 Å². The first-order valence-electron chi connectivity index (χ1n) is 9.48. The molecule has 27 heavy (non-hydrogen) atoms. The number of para-hydroxylation sites is 1. The van der Waals surface area contributed by atoms with Crippen molar-refractivity contribution >= 4 is 17.4 Å². The number of nitrogens with zero attached hydrogens (tertiary/aromatic N) is 3. The summed E-state index contributed by atoms with van der Waals surface area (Å²) in [5, 5.41) is 0. The first kappa shape index (κ1) is 16.1. The smallest absolute Gasteiger partial charge is 0.257 e. The minimum atomic E-state index is 0.0667. The third-order valence-corrected chi connectivity index (χ3v) is 5.58. The van der Waals surface area contributed by atoms with Crippen LogP contribution in [0.5, 0.6) is 0 Å². The van der Waals surface area contributed by atoms with Crippen molar-refractivity contribution in [3.8, 4) is 0 Å². The molecule has 1 aromatic heterocycles. The molecule has 0 radical (unpaired) electrons. The number of carbonyl (C=O) groups excluding carboxylic acids is 1. The van der Waals surface area contributed by atoms with Crippen LogP contribution in [0.2, 0.25) is 0 Å². The maximum absolute atomic E-state index is 13.4. The van der Waals surface area contributed by atoms with Gasteiger partial charge in [0.2, 0.25) is 0 Å². The number of fused-ring (bicyclic) bond motifs is 2. The molecule has 0 saturated carbocycles. The first-order chi connectivity index (χ1) is 13.3. The SMILES string of the molecule is O=C(c1cccnc1N1CCc2ccccc21)N1CCc2ccccc2C1. The van der Waals surface area contributed by atoms with Crippen molar-refractivity contribution in [1.82, 2.24) is 9.88 Å². The summed E-state index contributed by atoms with van der Waals surface area (Å²) in [7, 11) is 0. The Kier molecular flexibility index (Phi) is 3.89. The lowest BCUT2D eigenvalue weighted by Crippen LogP contribution is -2.36. The lowest BCUT2D eigenvalue weighted by molar-refractivity contribution is 0.0735. The van der Waals surface area contributed by atoms with Crippen LogP contribution in [0.15, 0.2) is 66.9 Å². The summed E-state index contributed by atoms with van der Waals surface area (Å²) >= 11 is 0. The number of amides is 1. The number of rotatable bonds is 2. The summed E-state index contributed by atoms with van der Waals surface area (Å²) in [6, 6.07) is 20.5. The summed E-state index contributed by atoms with van der Waals surface area (Å²) in [6.07, 6.45) is 3.67. The van der Waals surface area contributed by atoms with Crippen LogP contribution in [0.3, 0.4) is 0 Å². The Morgan fingerprint density at radius 3 is 2.44 bits per heavy atom. The minimum absolute atomic E-state index is 0.0667. The van der Waals surface area contributed by atoms with E-state index in [9.17, 15) is 4.79 Å². The summed E-state index contributed by atoms with van der Waals surface area (Å²) in [6.45, 7) is 2.28. The lowest BCUT2D eigenvalue weighted by Gasteiger charge is -2.30. The van der Waals surface area contributed by atoms with Crippen LogP contribution in [-0.4, -0.2) is 28.9 Å². The third-order valence-electron chi connectivity index (χ3n) is 5.58. The predicted octanol–water partition coefficient (Wildman–Crippen LogP) is 3.97. The number of benzene rings is 2. The molecule has 0 saturated heterocycles. The monoisotopic (exact) mass is 355 g/mol. The van der Waals surface area contributed by atoms with Gasteiger partial charge < -0.3 is 9.80 Å². The van der Waals surface area contributed by atoms with Crippen molar-refractivity contribution in [2.75, 3.05) is 18.0 Å². The van der Waals surface area contributed by atoms with Crippen molar-refractivity contribution in [3.63, 3.8) is 0 Å². The van der Waals surface area contributed by atoms with Gasteiger partial charge in [0, 0.05) is 31.5 Å². The molecule has 0 spiro atoms. The Hall–Kier alpha value is -3.14. The number of anilines is 2. The summed E-state index contributed by atoms with van der Waals surface area (Å²) in [4.78, 5) is 22.1. The van der Waals surface area contributed by atoms with Crippen LogP contribution in [-0.2, 0) is 19.4 Å². The van der Waals surface area contributed by atoms with Crippen molar-refractivity contribution in [1.29, 1.82) is 0 Å². The molecule has 0 aliphatic carbocycles. The van der Waals surface area contributed by atoms with E-state index in [0.717, 1.165) is 37.4 Å². The molecule has 0 atom stereocenters. The highest BCUT2D eigenvalue weighted by atomic mass is 16.2. The molecule has 0 fully saturated rings. The summed E-state index contributed by atoms with van der Waals surface area (Å²) in [5.74, 6) is 0.836. The highest BCUT2D eigenvalue weighted by Gasteiger charge is 2.28. The van der Waals surface area contributed by atoms with Gasteiger partial charge in [-0.05, 0) is 47.7 Å². The second kappa shape index (κ2) is 6.54. The average molecular weight is 355 g/mol. The molecule has 2 aliphatic heterocycles. The first-order valence-corrected chi connectivity index (χ1v) is 9.48. The van der Waals surface area contributed by atoms with E-state index in [4.69, 9.17) is 0 Å². The van der Waals surface area contributed by atoms with E-state index in [1.165, 1.54) is 16.7 Å². The van der Waals surface area contributed by atoms with Gasteiger partial charge in [-0.25, -0.2) is 4.98 Å². The Labute approximate surface area is 159 Å². The molecule has 2 aromatic carbocycles. The average Bonchev–Trinajstić information content (AvgIpc) is 3.17. The van der Waals surface area contributed by atoms with E-state index >= 15 is 0 Å². The van der Waals surface area contributed by atoms with E-state index in [1.807, 2.05) is 29.2 Å². The molecule has 4 nitrogen and oxygen atoms in total. The van der Waals surface area contributed by atoms with Crippen LogP contribution < -0.4 is 4.90 Å². The number of hydrogen-bond acceptors (Lipinski definition) is 3. The second-order valence-electron chi connectivity index (χ2n) is 7.15. The van der Waals surface area contributed by atoms with E-state index in [0.29, 0.717) is 12.1 Å². The molecule has 3 heterocycles. The van der Waals surface area contributed by atoms with E-state index in [-0.39, 0.29) is 5.91 Å². The largest absolute Gasteiger partial charge is 0.334 e. The molecule has 1 amide bonds. The van der Waals surface area contributed by atoms with Crippen molar-refractivity contribution in [3.05, 3.63) is 89.1 Å². The second-order valence-corrected chi connectivity index (χ2v) is 7.15. The molecule has 134 valence electrons. The zero-order chi connectivity index (χ0) is 18.2. The quantitative estimate of drug-likeness (QED) is 0.698. The van der Waals surface area contributed by atoms with Gasteiger partial charge in [-0.15, -0.1) is 0 Å². The predicted molar refractivity (Wildman–Crippen MR) is 106 cm³/mol. The molecular formula is C23H21N3O. The molecule has 2 aliphatic rings. The fourth-order valence-corrected chi connectivity index (χ4v) is 4.18. The highest BCUT2D eigenvalue weighted by Crippen LogP contribution is 2.35. The van der Waals surface area contributed by atoms with Gasteiger partial charge in [0.1, 0.15) is 5.82 Å². The number of aromatic nitrogens is 1. The van der Waals surface area contributed by atoms with Gasteiger partial charge >= 0.3 is 0 Å². The van der Waals surface area contributed by atoms with Gasteiger partial charge in [-0.2, -0.15) is 0 Å². The van der Waals surface area contributed by atoms with Gasteiger partial charge in [-0.3, -0.25) is 4.79 Å². The Morgan fingerprint density at radius 1 is 0.815 bits per heavy atom. The van der Waals surface area contributed by atoms with Crippen LogP contribution in [0.25, 0.3) is 0 Å². The maximum atomic E-state index is 13.4. The normalized spacial score (nSPS) is 15.4. The van der Waals surface area contributed by atoms with Gasteiger partial charge in [0.25, 0.3) is 5.91 Å². The molecule has 3 aromatic rings. The van der Waals surface area contributed by atoms with Crippen LogP contribution >= 0.6 is 0 Å². The number of pyridine rings is 1. The number of carbonyl (C=O) groups is 1. The maximum Gasteiger partial charge on any atom is 0.257 e. The molecule has 0 bridgehead atoms. The van der Waals surface area contributed by atoms with Crippen LogP contribution in [0.1, 0.15) is 27.0 Å². The van der Waals surface area contributed by atoms with Gasteiger partial charge in [0.05, 0.1) is 5.56 Å². The van der Waals surface area contributed by atoms with Crippen molar-refractivity contribution in [2.24, 2.45) is 0 Å². The van der Waals surface area contributed by atoms with E-state index < -0.39 is 0 Å². The third kappa shape index (κ3) is 2.78. The standard InChI is InChI=1S/C23H21N3O/c27-23(25-14-11-17-6-1-2-8-19(17)16-25)20-9-5-13-24-22(20)26-15-12-18-7-3-4-10-21(18)26/h1-10,13H,11-12,14-16H2. The van der Waals surface area contributed by atoms with E-state index in [1.54, 1.807) is 6.20 Å². The zero-order valence-electron chi connectivity index (χ0n) is 15.1. The fraction of sp³-hybridized carbons (Fsp3) is 0.217. The lowest BCUT2D eigenvalue weighted by atomic mass is 9.99. The molecule has 4 heteroatoms. The molecule has 5 rings (SSSR count). The Morgan fingerprint density at radius 2 is 1.56 bits per heavy atom. The minimum Gasteiger partial charge on any atom is -0.334 e. The fourth-order valence-electron chi connectivity index (χ4n) is 4.18. The zero-order valence-corrected chi connectivity index (χ0v) is 15.1. The Bertz CT molecular complexity index is 1010. The van der Waals surface area contributed by atoms with Crippen LogP contribution in [0.4, 0.5) is 11.5 Å².